The largest absolute Gasteiger partial charge is 0.299 e. The van der Waals surface area contributed by atoms with E-state index in [1.807, 2.05) is 21.6 Å². The average Bonchev–Trinajstić information content (AvgIpc) is 1.66. The van der Waals surface area contributed by atoms with Crippen LogP contribution in [0.15, 0.2) is 0 Å². The molecule has 0 aliphatic rings. The van der Waals surface area contributed by atoms with Crippen molar-refractivity contribution in [2.75, 3.05) is 25.7 Å². The van der Waals surface area contributed by atoms with Crippen LogP contribution in [-0.4, -0.2) is 30.6 Å². The summed E-state index contributed by atoms with van der Waals surface area (Å²) < 4.78 is 0. The summed E-state index contributed by atoms with van der Waals surface area (Å²) in [5.74, 6) is 2.33. The summed E-state index contributed by atoms with van der Waals surface area (Å²) >= 11 is 0. The van der Waals surface area contributed by atoms with Gasteiger partial charge in [0.25, 0.3) is 0 Å². The summed E-state index contributed by atoms with van der Waals surface area (Å²) in [4.78, 5) is 2.17. The van der Waals surface area contributed by atoms with Crippen molar-refractivity contribution < 1.29 is 0 Å². The summed E-state index contributed by atoms with van der Waals surface area (Å²) in [6, 6.07) is 0. The fourth-order valence-corrected chi connectivity index (χ4v) is 2.03. The lowest BCUT2D eigenvalue weighted by molar-refractivity contribution is 0.487. The molecule has 0 saturated heterocycles. The zero-order valence-electron chi connectivity index (χ0n) is 5.68. The molecule has 0 fully saturated rings. The first-order valence-corrected chi connectivity index (χ1v) is 5.15. The fraction of sp³-hybridized carbons (Fsp3) is 1.00. The summed E-state index contributed by atoms with van der Waals surface area (Å²) in [7, 11) is 7.99. The first-order valence-electron chi connectivity index (χ1n) is 2.66. The van der Waals surface area contributed by atoms with Gasteiger partial charge in [0.15, 0.2) is 0 Å². The molecule has 0 aromatic carbocycles. The second-order valence-corrected chi connectivity index (χ2v) is 4.45. The molecule has 0 bridgehead atoms. The standard InChI is InChI=1S/C5H13NS2/c1-4-7-8-5-6(2)3/h4-5H2,1-3H3. The fourth-order valence-electron chi connectivity index (χ4n) is 0.226. The Labute approximate surface area is 59.6 Å². The maximum absolute atomic E-state index is 2.17. The molecule has 0 atom stereocenters. The minimum absolute atomic E-state index is 1.12. The molecule has 8 heavy (non-hydrogen) atoms. The van der Waals surface area contributed by atoms with Crippen molar-refractivity contribution in [1.82, 2.24) is 4.90 Å². The highest BCUT2D eigenvalue weighted by atomic mass is 33.1. The minimum Gasteiger partial charge on any atom is -0.299 e. The van der Waals surface area contributed by atoms with E-state index in [0.29, 0.717) is 0 Å². The molecule has 0 aromatic rings. The second-order valence-electron chi connectivity index (χ2n) is 1.73. The van der Waals surface area contributed by atoms with Gasteiger partial charge in [0.1, 0.15) is 0 Å². The monoisotopic (exact) mass is 151 g/mol. The molecule has 0 rings (SSSR count). The van der Waals surface area contributed by atoms with Crippen molar-refractivity contribution in [3.05, 3.63) is 0 Å². The third kappa shape index (κ3) is 6.66. The van der Waals surface area contributed by atoms with Crippen LogP contribution in [0.3, 0.4) is 0 Å². The first kappa shape index (κ1) is 8.66. The van der Waals surface area contributed by atoms with Crippen LogP contribution in [0.2, 0.25) is 0 Å². The molecular formula is C5H13NS2. The van der Waals surface area contributed by atoms with Gasteiger partial charge in [-0.2, -0.15) is 0 Å². The van der Waals surface area contributed by atoms with Crippen LogP contribution in [0.1, 0.15) is 6.92 Å². The molecule has 0 amide bonds. The molecule has 0 unspecified atom stereocenters. The lowest BCUT2D eigenvalue weighted by atomic mass is 11.0. The molecular weight excluding hydrogens is 138 g/mol. The van der Waals surface area contributed by atoms with Gasteiger partial charge in [-0.05, 0) is 14.1 Å². The Balaban J connectivity index is 2.72. The zero-order valence-corrected chi connectivity index (χ0v) is 7.31. The quantitative estimate of drug-likeness (QED) is 0.343. The molecule has 0 aromatic heterocycles. The Kier molecular flexibility index (Phi) is 6.27. The Morgan fingerprint density at radius 1 is 1.25 bits per heavy atom. The number of nitrogens with zero attached hydrogens (tertiary/aromatic N) is 1. The first-order chi connectivity index (χ1) is 3.77. The van der Waals surface area contributed by atoms with Gasteiger partial charge in [0, 0.05) is 5.75 Å². The van der Waals surface area contributed by atoms with Crippen molar-refractivity contribution in [3.8, 4) is 0 Å². The van der Waals surface area contributed by atoms with Gasteiger partial charge < -0.3 is 0 Å². The highest BCUT2D eigenvalue weighted by molar-refractivity contribution is 8.76. The van der Waals surface area contributed by atoms with E-state index in [1.54, 1.807) is 0 Å². The number of hydrogen-bond donors (Lipinski definition) is 0. The van der Waals surface area contributed by atoms with Gasteiger partial charge in [-0.3, -0.25) is 4.90 Å². The van der Waals surface area contributed by atoms with Gasteiger partial charge in [-0.1, -0.05) is 28.5 Å². The van der Waals surface area contributed by atoms with Crippen LogP contribution in [0.4, 0.5) is 0 Å². The normalized spacial score (nSPS) is 10.5. The smallest absolute Gasteiger partial charge is 0.0543 e. The number of rotatable bonds is 4. The van der Waals surface area contributed by atoms with Gasteiger partial charge in [0.05, 0.1) is 5.88 Å². The average molecular weight is 151 g/mol. The molecule has 0 radical (unpaired) electrons. The summed E-state index contributed by atoms with van der Waals surface area (Å²) in [6.45, 7) is 2.17. The van der Waals surface area contributed by atoms with Gasteiger partial charge in [0.2, 0.25) is 0 Å². The number of hydrogen-bond acceptors (Lipinski definition) is 3. The topological polar surface area (TPSA) is 3.24 Å². The van der Waals surface area contributed by atoms with Crippen molar-refractivity contribution in [2.45, 2.75) is 6.92 Å². The van der Waals surface area contributed by atoms with Gasteiger partial charge >= 0.3 is 0 Å². The summed E-state index contributed by atoms with van der Waals surface area (Å²) in [6.07, 6.45) is 0. The molecule has 0 N–H and O–H groups in total. The summed E-state index contributed by atoms with van der Waals surface area (Å²) in [5, 5.41) is 0. The van der Waals surface area contributed by atoms with Crippen LogP contribution in [-0.2, 0) is 0 Å². The molecule has 0 spiro atoms. The van der Waals surface area contributed by atoms with Crippen LogP contribution in [0, 0.1) is 0 Å². The lowest BCUT2D eigenvalue weighted by Crippen LogP contribution is -2.08. The van der Waals surface area contributed by atoms with E-state index in [0.717, 1.165) is 5.88 Å². The maximum Gasteiger partial charge on any atom is 0.0543 e. The second kappa shape index (κ2) is 5.79. The van der Waals surface area contributed by atoms with E-state index in [2.05, 4.69) is 25.9 Å². The molecule has 0 heterocycles. The SMILES string of the molecule is CCSSCN(C)C. The van der Waals surface area contributed by atoms with E-state index in [-0.39, 0.29) is 0 Å². The van der Waals surface area contributed by atoms with Crippen LogP contribution in [0.25, 0.3) is 0 Å². The summed E-state index contributed by atoms with van der Waals surface area (Å²) in [5.41, 5.74) is 0. The Morgan fingerprint density at radius 3 is 2.25 bits per heavy atom. The van der Waals surface area contributed by atoms with Crippen molar-refractivity contribution >= 4 is 21.6 Å². The van der Waals surface area contributed by atoms with E-state index < -0.39 is 0 Å². The Bertz CT molecular complexity index is 47.7. The third-order valence-corrected chi connectivity index (χ3v) is 3.06. The Morgan fingerprint density at radius 2 is 1.88 bits per heavy atom. The molecule has 0 aliphatic carbocycles. The molecule has 1 nitrogen and oxygen atoms in total. The van der Waals surface area contributed by atoms with Gasteiger partial charge in [-0.15, -0.1) is 0 Å². The predicted molar refractivity (Wildman–Crippen MR) is 44.3 cm³/mol. The van der Waals surface area contributed by atoms with Crippen molar-refractivity contribution in [3.63, 3.8) is 0 Å². The highest BCUT2D eigenvalue weighted by Crippen LogP contribution is 2.19. The van der Waals surface area contributed by atoms with E-state index in [4.69, 9.17) is 0 Å². The highest BCUT2D eigenvalue weighted by Gasteiger charge is 1.87. The minimum atomic E-state index is 1.12. The predicted octanol–water partition coefficient (Wildman–Crippen LogP) is 1.91. The lowest BCUT2D eigenvalue weighted by Gasteiger charge is -2.05. The Hall–Kier alpha value is 0.660. The van der Waals surface area contributed by atoms with Crippen molar-refractivity contribution in [1.29, 1.82) is 0 Å². The zero-order chi connectivity index (χ0) is 6.41. The molecule has 0 saturated carbocycles. The van der Waals surface area contributed by atoms with Gasteiger partial charge in [-0.25, -0.2) is 0 Å². The molecule has 3 heteroatoms. The third-order valence-electron chi connectivity index (χ3n) is 0.512. The van der Waals surface area contributed by atoms with Crippen LogP contribution >= 0.6 is 21.6 Å². The van der Waals surface area contributed by atoms with Crippen LogP contribution in [0.5, 0.6) is 0 Å². The van der Waals surface area contributed by atoms with Crippen molar-refractivity contribution in [2.24, 2.45) is 0 Å². The molecule has 0 aliphatic heterocycles. The van der Waals surface area contributed by atoms with E-state index >= 15 is 0 Å². The molecule has 50 valence electrons. The van der Waals surface area contributed by atoms with E-state index in [1.165, 1.54) is 5.75 Å². The van der Waals surface area contributed by atoms with Crippen LogP contribution < -0.4 is 0 Å². The maximum atomic E-state index is 2.17. The van der Waals surface area contributed by atoms with E-state index in [9.17, 15) is 0 Å².